The summed E-state index contributed by atoms with van der Waals surface area (Å²) in [5.74, 6) is 0. The predicted molar refractivity (Wildman–Crippen MR) is 69.0 cm³/mol. The lowest BCUT2D eigenvalue weighted by Gasteiger charge is -2.14. The van der Waals surface area contributed by atoms with Crippen molar-refractivity contribution in [3.05, 3.63) is 32.7 Å². The monoisotopic (exact) mass is 253 g/mol. The number of hydrogen-bond acceptors (Lipinski definition) is 5. The second kappa shape index (κ2) is 4.24. The molecule has 0 spiro atoms. The first-order valence-corrected chi connectivity index (χ1v) is 6.84. The van der Waals surface area contributed by atoms with Crippen LogP contribution in [-0.4, -0.2) is 9.97 Å². The predicted octanol–water partition coefficient (Wildman–Crippen LogP) is 2.95. The lowest BCUT2D eigenvalue weighted by atomic mass is 9.93. The summed E-state index contributed by atoms with van der Waals surface area (Å²) in [7, 11) is 0. The summed E-state index contributed by atoms with van der Waals surface area (Å²) in [5.41, 5.74) is 9.12. The second-order valence-corrected chi connectivity index (χ2v) is 6.51. The average molecular weight is 253 g/mol. The molecule has 0 radical (unpaired) electrons. The molecule has 0 fully saturated rings. The zero-order valence-electron chi connectivity index (χ0n) is 9.60. The number of rotatable bonds is 2. The van der Waals surface area contributed by atoms with Crippen molar-refractivity contribution >= 4 is 22.7 Å². The Morgan fingerprint density at radius 3 is 2.56 bits per heavy atom. The van der Waals surface area contributed by atoms with Gasteiger partial charge in [-0.15, -0.1) is 22.7 Å². The van der Waals surface area contributed by atoms with E-state index in [0.29, 0.717) is 0 Å². The van der Waals surface area contributed by atoms with Crippen molar-refractivity contribution in [2.75, 3.05) is 0 Å². The zero-order chi connectivity index (χ0) is 11.8. The van der Waals surface area contributed by atoms with Crippen LogP contribution in [0.4, 0.5) is 0 Å². The highest BCUT2D eigenvalue weighted by Gasteiger charge is 2.20. The molecule has 86 valence electrons. The minimum absolute atomic E-state index is 0.0855. The van der Waals surface area contributed by atoms with E-state index in [0.717, 1.165) is 15.6 Å². The van der Waals surface area contributed by atoms with E-state index in [-0.39, 0.29) is 11.5 Å². The first-order valence-electron chi connectivity index (χ1n) is 5.08. The van der Waals surface area contributed by atoms with Gasteiger partial charge in [0.25, 0.3) is 0 Å². The summed E-state index contributed by atoms with van der Waals surface area (Å²) in [6.45, 7) is 6.47. The molecule has 2 N–H and O–H groups in total. The van der Waals surface area contributed by atoms with Crippen LogP contribution in [0.5, 0.6) is 0 Å². The summed E-state index contributed by atoms with van der Waals surface area (Å²) in [6, 6.07) is -0.131. The van der Waals surface area contributed by atoms with Crippen molar-refractivity contribution in [2.45, 2.75) is 32.2 Å². The third-order valence-corrected chi connectivity index (χ3v) is 4.10. The van der Waals surface area contributed by atoms with Gasteiger partial charge in [0, 0.05) is 21.9 Å². The maximum Gasteiger partial charge on any atom is 0.115 e. The fourth-order valence-corrected chi connectivity index (χ4v) is 3.04. The van der Waals surface area contributed by atoms with E-state index in [4.69, 9.17) is 5.73 Å². The second-order valence-electron chi connectivity index (χ2n) is 4.70. The lowest BCUT2D eigenvalue weighted by Crippen LogP contribution is -2.14. The molecular weight excluding hydrogens is 238 g/mol. The van der Waals surface area contributed by atoms with Gasteiger partial charge in [0.05, 0.1) is 17.2 Å². The highest BCUT2D eigenvalue weighted by atomic mass is 32.1. The largest absolute Gasteiger partial charge is 0.318 e. The molecule has 0 aliphatic heterocycles. The molecule has 0 aliphatic rings. The van der Waals surface area contributed by atoms with Crippen LogP contribution in [0.1, 0.15) is 42.4 Å². The molecular formula is C11H15N3S2. The Morgan fingerprint density at radius 1 is 1.31 bits per heavy atom. The Morgan fingerprint density at radius 2 is 2.06 bits per heavy atom. The van der Waals surface area contributed by atoms with Crippen molar-refractivity contribution < 1.29 is 0 Å². The Balaban J connectivity index is 2.26. The molecule has 0 saturated heterocycles. The van der Waals surface area contributed by atoms with E-state index in [9.17, 15) is 0 Å². The first kappa shape index (κ1) is 11.7. The maximum absolute atomic E-state index is 6.14. The van der Waals surface area contributed by atoms with E-state index >= 15 is 0 Å². The van der Waals surface area contributed by atoms with Crippen LogP contribution in [-0.2, 0) is 5.41 Å². The van der Waals surface area contributed by atoms with Crippen molar-refractivity contribution in [3.63, 3.8) is 0 Å². The molecule has 2 rings (SSSR count). The highest BCUT2D eigenvalue weighted by molar-refractivity contribution is 7.11. The summed E-state index contributed by atoms with van der Waals surface area (Å²) < 4.78 is 0. The van der Waals surface area contributed by atoms with Gasteiger partial charge in [-0.2, -0.15) is 0 Å². The smallest absolute Gasteiger partial charge is 0.115 e. The Labute approximate surface area is 103 Å². The maximum atomic E-state index is 6.14. The van der Waals surface area contributed by atoms with Gasteiger partial charge in [-0.25, -0.2) is 4.98 Å². The molecule has 16 heavy (non-hydrogen) atoms. The number of hydrogen-bond donors (Lipinski definition) is 1. The van der Waals surface area contributed by atoms with Gasteiger partial charge in [-0.1, -0.05) is 20.8 Å². The van der Waals surface area contributed by atoms with Gasteiger partial charge < -0.3 is 5.73 Å². The Bertz CT molecular complexity index is 454. The van der Waals surface area contributed by atoms with Gasteiger partial charge in [0.1, 0.15) is 5.01 Å². The van der Waals surface area contributed by atoms with Crippen LogP contribution in [0.15, 0.2) is 17.1 Å². The van der Waals surface area contributed by atoms with E-state index in [1.54, 1.807) is 28.2 Å². The molecule has 0 amide bonds. The molecule has 0 bridgehead atoms. The molecule has 2 heterocycles. The van der Waals surface area contributed by atoms with Crippen molar-refractivity contribution in [3.8, 4) is 0 Å². The van der Waals surface area contributed by atoms with Crippen molar-refractivity contribution in [1.82, 2.24) is 9.97 Å². The van der Waals surface area contributed by atoms with E-state index in [1.807, 2.05) is 6.20 Å². The van der Waals surface area contributed by atoms with Crippen LogP contribution in [0.3, 0.4) is 0 Å². The van der Waals surface area contributed by atoms with Gasteiger partial charge >= 0.3 is 0 Å². The van der Waals surface area contributed by atoms with Crippen molar-refractivity contribution in [1.29, 1.82) is 0 Å². The zero-order valence-corrected chi connectivity index (χ0v) is 11.2. The molecule has 3 nitrogen and oxygen atoms in total. The van der Waals surface area contributed by atoms with Crippen LogP contribution in [0, 0.1) is 0 Å². The number of thiazole rings is 2. The number of nitrogens with two attached hydrogens (primary N) is 1. The summed E-state index contributed by atoms with van der Waals surface area (Å²) in [5, 5.41) is 3.06. The average Bonchev–Trinajstić information content (AvgIpc) is 2.87. The summed E-state index contributed by atoms with van der Waals surface area (Å²) >= 11 is 3.20. The summed E-state index contributed by atoms with van der Waals surface area (Å²) in [4.78, 5) is 9.71. The molecule has 5 heteroatoms. The minimum Gasteiger partial charge on any atom is -0.318 e. The quantitative estimate of drug-likeness (QED) is 0.895. The molecule has 2 aromatic rings. The molecule has 0 saturated carbocycles. The fourth-order valence-electron chi connectivity index (χ4n) is 1.28. The van der Waals surface area contributed by atoms with Crippen LogP contribution < -0.4 is 5.73 Å². The molecule has 0 aromatic carbocycles. The van der Waals surface area contributed by atoms with E-state index in [2.05, 4.69) is 36.1 Å². The highest BCUT2D eigenvalue weighted by Crippen LogP contribution is 2.29. The number of aromatic nitrogens is 2. The van der Waals surface area contributed by atoms with E-state index in [1.165, 1.54) is 0 Å². The fraction of sp³-hybridized carbons (Fsp3) is 0.455. The normalized spacial score (nSPS) is 14.0. The van der Waals surface area contributed by atoms with E-state index < -0.39 is 0 Å². The molecule has 0 aliphatic carbocycles. The minimum atomic E-state index is -0.131. The first-order chi connectivity index (χ1) is 7.48. The Kier molecular flexibility index (Phi) is 3.10. The third-order valence-electron chi connectivity index (χ3n) is 2.31. The van der Waals surface area contributed by atoms with Crippen LogP contribution in [0.2, 0.25) is 0 Å². The molecule has 2 aromatic heterocycles. The van der Waals surface area contributed by atoms with Crippen LogP contribution >= 0.6 is 22.7 Å². The standard InChI is InChI=1S/C11H15N3S2/c1-11(2,3)8-5-15-10(14-8)9(12)7-4-13-6-16-7/h4-6,9H,12H2,1-3H3. The van der Waals surface area contributed by atoms with Crippen molar-refractivity contribution in [2.24, 2.45) is 5.73 Å². The lowest BCUT2D eigenvalue weighted by molar-refractivity contribution is 0.569. The molecule has 1 atom stereocenters. The van der Waals surface area contributed by atoms with Gasteiger partial charge in [0.2, 0.25) is 0 Å². The third kappa shape index (κ3) is 2.31. The SMILES string of the molecule is CC(C)(C)c1csc(C(N)c2cncs2)n1. The van der Waals surface area contributed by atoms with Gasteiger partial charge in [-0.3, -0.25) is 4.98 Å². The van der Waals surface area contributed by atoms with Gasteiger partial charge in [0.15, 0.2) is 0 Å². The van der Waals surface area contributed by atoms with Crippen LogP contribution in [0.25, 0.3) is 0 Å². The molecule has 1 unspecified atom stereocenters. The van der Waals surface area contributed by atoms with Gasteiger partial charge in [-0.05, 0) is 0 Å². The number of nitrogens with zero attached hydrogens (tertiary/aromatic N) is 2. The summed E-state index contributed by atoms with van der Waals surface area (Å²) in [6.07, 6.45) is 1.81. The topological polar surface area (TPSA) is 51.8 Å². The Hall–Kier alpha value is -0.780.